The van der Waals surface area contributed by atoms with Gasteiger partial charge >= 0.3 is 12.1 Å². The SMILES string of the molecule is CCCCSCCN(CCOc1ccc(CC(OCC)C(=O)O)cc1)C(=O)Oc1ccccc1F. The Kier molecular flexibility index (Phi) is 13.0. The quantitative estimate of drug-likeness (QED) is 0.310. The molecular weight excluding hydrogens is 473 g/mol. The second kappa shape index (κ2) is 16.0. The zero-order chi connectivity index (χ0) is 25.5. The molecule has 192 valence electrons. The van der Waals surface area contributed by atoms with E-state index in [-0.39, 0.29) is 25.3 Å². The molecule has 0 fully saturated rings. The molecule has 0 aliphatic carbocycles. The van der Waals surface area contributed by atoms with E-state index in [1.165, 1.54) is 23.1 Å². The number of carboxylic acid groups (broad SMARTS) is 1. The average Bonchev–Trinajstić information content (AvgIpc) is 2.84. The number of benzene rings is 2. The number of aliphatic carboxylic acids is 1. The molecule has 35 heavy (non-hydrogen) atoms. The predicted molar refractivity (Wildman–Crippen MR) is 135 cm³/mol. The number of ether oxygens (including phenoxy) is 3. The van der Waals surface area contributed by atoms with Crippen molar-refractivity contribution in [1.29, 1.82) is 0 Å². The van der Waals surface area contributed by atoms with Crippen LogP contribution in [0.5, 0.6) is 11.5 Å². The minimum absolute atomic E-state index is 0.107. The number of nitrogens with zero attached hydrogens (tertiary/aromatic N) is 1. The normalized spacial score (nSPS) is 11.6. The van der Waals surface area contributed by atoms with E-state index < -0.39 is 24.0 Å². The van der Waals surface area contributed by atoms with Crippen LogP contribution in [0.25, 0.3) is 0 Å². The van der Waals surface area contributed by atoms with Gasteiger partial charge < -0.3 is 24.2 Å². The minimum atomic E-state index is -0.998. The number of hydrogen-bond donors (Lipinski definition) is 1. The lowest BCUT2D eigenvalue weighted by molar-refractivity contribution is -0.149. The molecule has 2 rings (SSSR count). The first kappa shape index (κ1) is 28.5. The van der Waals surface area contributed by atoms with Crippen LogP contribution in [0.2, 0.25) is 0 Å². The summed E-state index contributed by atoms with van der Waals surface area (Å²) in [5.74, 6) is 0.653. The number of para-hydroxylation sites is 1. The van der Waals surface area contributed by atoms with Crippen molar-refractivity contribution in [3.8, 4) is 11.5 Å². The monoisotopic (exact) mass is 507 g/mol. The third kappa shape index (κ3) is 10.6. The fourth-order valence-electron chi connectivity index (χ4n) is 3.13. The van der Waals surface area contributed by atoms with Crippen LogP contribution in [0.3, 0.4) is 0 Å². The van der Waals surface area contributed by atoms with E-state index in [9.17, 15) is 19.1 Å². The summed E-state index contributed by atoms with van der Waals surface area (Å²) in [6, 6.07) is 12.9. The Morgan fingerprint density at radius 2 is 1.80 bits per heavy atom. The molecule has 9 heteroatoms. The highest BCUT2D eigenvalue weighted by Crippen LogP contribution is 2.18. The Hall–Kier alpha value is -2.78. The molecule has 0 radical (unpaired) electrons. The third-order valence-electron chi connectivity index (χ3n) is 5.06. The van der Waals surface area contributed by atoms with Gasteiger partial charge in [0.05, 0.1) is 6.54 Å². The highest BCUT2D eigenvalue weighted by Gasteiger charge is 2.19. The van der Waals surface area contributed by atoms with Crippen molar-refractivity contribution < 1.29 is 33.3 Å². The van der Waals surface area contributed by atoms with Crippen molar-refractivity contribution in [3.63, 3.8) is 0 Å². The number of carbonyl (C=O) groups excluding carboxylic acids is 1. The fraction of sp³-hybridized carbons (Fsp3) is 0.462. The van der Waals surface area contributed by atoms with Crippen molar-refractivity contribution in [2.24, 2.45) is 0 Å². The van der Waals surface area contributed by atoms with Crippen molar-refractivity contribution in [2.75, 3.05) is 37.8 Å². The van der Waals surface area contributed by atoms with Crippen LogP contribution in [0.4, 0.5) is 9.18 Å². The Morgan fingerprint density at radius 3 is 2.46 bits per heavy atom. The van der Waals surface area contributed by atoms with E-state index >= 15 is 0 Å². The van der Waals surface area contributed by atoms with Gasteiger partial charge in [0.2, 0.25) is 0 Å². The van der Waals surface area contributed by atoms with Crippen LogP contribution < -0.4 is 9.47 Å². The highest BCUT2D eigenvalue weighted by atomic mass is 32.2. The molecule has 0 heterocycles. The first-order valence-electron chi connectivity index (χ1n) is 11.8. The lowest BCUT2D eigenvalue weighted by atomic mass is 10.1. The van der Waals surface area contributed by atoms with Gasteiger partial charge in [0.1, 0.15) is 12.4 Å². The number of hydrogen-bond acceptors (Lipinski definition) is 6. The minimum Gasteiger partial charge on any atom is -0.492 e. The summed E-state index contributed by atoms with van der Waals surface area (Å²) in [6.07, 6.45) is 0.967. The van der Waals surface area contributed by atoms with Crippen LogP contribution in [0, 0.1) is 5.82 Å². The molecule has 0 aliphatic heterocycles. The predicted octanol–water partition coefficient (Wildman–Crippen LogP) is 5.27. The molecule has 2 aromatic rings. The van der Waals surface area contributed by atoms with E-state index in [4.69, 9.17) is 14.2 Å². The van der Waals surface area contributed by atoms with Gasteiger partial charge in [-0.15, -0.1) is 0 Å². The number of amides is 1. The topological polar surface area (TPSA) is 85.3 Å². The summed E-state index contributed by atoms with van der Waals surface area (Å²) in [5, 5.41) is 9.23. The molecule has 0 spiro atoms. The van der Waals surface area contributed by atoms with Gasteiger partial charge in [0.25, 0.3) is 0 Å². The second-order valence-corrected chi connectivity index (χ2v) is 8.95. The van der Waals surface area contributed by atoms with Gasteiger partial charge in [0, 0.05) is 25.3 Å². The summed E-state index contributed by atoms with van der Waals surface area (Å²) in [4.78, 5) is 25.5. The average molecular weight is 508 g/mol. The van der Waals surface area contributed by atoms with Gasteiger partial charge in [-0.25, -0.2) is 14.0 Å². The Morgan fingerprint density at radius 1 is 1.06 bits per heavy atom. The molecule has 0 aliphatic rings. The summed E-state index contributed by atoms with van der Waals surface area (Å²) in [7, 11) is 0. The smallest absolute Gasteiger partial charge is 0.415 e. The standard InChI is InChI=1S/C26H34FNO6S/c1-3-5-17-35-18-15-28(26(31)34-23-9-7-6-8-22(23)27)14-16-33-21-12-10-20(11-13-21)19-24(25(29)30)32-4-2/h6-13,24H,3-5,14-19H2,1-2H3,(H,29,30). The second-order valence-electron chi connectivity index (χ2n) is 7.73. The molecule has 0 saturated heterocycles. The number of halogens is 1. The molecule has 1 atom stereocenters. The molecule has 1 unspecified atom stereocenters. The van der Waals surface area contributed by atoms with Crippen LogP contribution in [-0.4, -0.2) is 66.0 Å². The van der Waals surface area contributed by atoms with Gasteiger partial charge in [0.15, 0.2) is 17.7 Å². The number of carboxylic acids is 1. The summed E-state index contributed by atoms with van der Waals surface area (Å²) in [5.41, 5.74) is 0.817. The van der Waals surface area contributed by atoms with E-state index in [0.717, 1.165) is 29.9 Å². The molecule has 7 nitrogen and oxygen atoms in total. The lowest BCUT2D eigenvalue weighted by Gasteiger charge is -2.22. The van der Waals surface area contributed by atoms with Crippen LogP contribution in [-0.2, 0) is 16.0 Å². The first-order chi connectivity index (χ1) is 16.9. The Balaban J connectivity index is 1.91. The van der Waals surface area contributed by atoms with Crippen LogP contribution in [0.1, 0.15) is 32.3 Å². The van der Waals surface area contributed by atoms with Crippen molar-refractivity contribution >= 4 is 23.8 Å². The summed E-state index contributed by atoms with van der Waals surface area (Å²) < 4.78 is 30.2. The maximum absolute atomic E-state index is 13.9. The Labute approximate surface area is 210 Å². The van der Waals surface area contributed by atoms with Crippen LogP contribution in [0.15, 0.2) is 48.5 Å². The number of thioether (sulfide) groups is 1. The van der Waals surface area contributed by atoms with Gasteiger partial charge in [-0.1, -0.05) is 37.6 Å². The molecule has 0 aromatic heterocycles. The highest BCUT2D eigenvalue weighted by molar-refractivity contribution is 7.99. The zero-order valence-corrected chi connectivity index (χ0v) is 21.1. The number of unbranched alkanes of at least 4 members (excludes halogenated alkanes) is 1. The molecule has 1 N–H and O–H groups in total. The molecular formula is C26H34FNO6S. The maximum atomic E-state index is 13.9. The molecule has 0 saturated carbocycles. The van der Waals surface area contributed by atoms with Gasteiger partial charge in [-0.05, 0) is 48.9 Å². The largest absolute Gasteiger partial charge is 0.492 e. The fourth-order valence-corrected chi connectivity index (χ4v) is 4.18. The Bertz CT molecular complexity index is 911. The van der Waals surface area contributed by atoms with E-state index in [1.807, 2.05) is 0 Å². The third-order valence-corrected chi connectivity index (χ3v) is 6.11. The van der Waals surface area contributed by atoms with Crippen molar-refractivity contribution in [2.45, 2.75) is 39.2 Å². The summed E-state index contributed by atoms with van der Waals surface area (Å²) >= 11 is 1.76. The first-order valence-corrected chi connectivity index (χ1v) is 12.9. The van der Waals surface area contributed by atoms with Crippen molar-refractivity contribution in [3.05, 3.63) is 59.9 Å². The number of carbonyl (C=O) groups is 2. The zero-order valence-electron chi connectivity index (χ0n) is 20.3. The number of rotatable bonds is 16. The van der Waals surface area contributed by atoms with E-state index in [0.29, 0.717) is 18.9 Å². The van der Waals surface area contributed by atoms with Crippen molar-refractivity contribution in [1.82, 2.24) is 4.90 Å². The van der Waals surface area contributed by atoms with E-state index in [1.54, 1.807) is 49.0 Å². The van der Waals surface area contributed by atoms with E-state index in [2.05, 4.69) is 6.92 Å². The molecule has 0 bridgehead atoms. The van der Waals surface area contributed by atoms with Gasteiger partial charge in [-0.3, -0.25) is 0 Å². The van der Waals surface area contributed by atoms with Crippen LogP contribution >= 0.6 is 11.8 Å². The maximum Gasteiger partial charge on any atom is 0.415 e. The molecule has 2 aromatic carbocycles. The molecule has 1 amide bonds. The summed E-state index contributed by atoms with van der Waals surface area (Å²) in [6.45, 7) is 5.16. The van der Waals surface area contributed by atoms with Gasteiger partial charge in [-0.2, -0.15) is 11.8 Å². The lowest BCUT2D eigenvalue weighted by Crippen LogP contribution is -2.38.